The van der Waals surface area contributed by atoms with Gasteiger partial charge in [-0.15, -0.1) is 11.3 Å². The van der Waals surface area contributed by atoms with Crippen LogP contribution < -0.4 is 14.8 Å². The van der Waals surface area contributed by atoms with Gasteiger partial charge in [0.1, 0.15) is 17.0 Å². The van der Waals surface area contributed by atoms with Crippen molar-refractivity contribution in [2.75, 3.05) is 19.5 Å². The summed E-state index contributed by atoms with van der Waals surface area (Å²) < 4.78 is 22.1. The van der Waals surface area contributed by atoms with E-state index in [-0.39, 0.29) is 11.7 Å². The van der Waals surface area contributed by atoms with Gasteiger partial charge in [0.25, 0.3) is 5.91 Å². The molecule has 7 nitrogen and oxygen atoms in total. The molecule has 2 aromatic carbocycles. The fourth-order valence-corrected chi connectivity index (χ4v) is 3.88. The SMILES string of the molecule is COc1ccc2oc(-c3csc(NC(=O)c4cc5cccc(OC)c5o4)n3)cc2c1. The number of carbonyl (C=O) groups excluding carboxylic acids is 1. The zero-order chi connectivity index (χ0) is 20.7. The van der Waals surface area contributed by atoms with Gasteiger partial charge >= 0.3 is 0 Å². The smallest absolute Gasteiger partial charge is 0.293 e. The summed E-state index contributed by atoms with van der Waals surface area (Å²) in [4.78, 5) is 17.1. The number of anilines is 1. The number of fused-ring (bicyclic) bond motifs is 2. The number of benzene rings is 2. The molecule has 5 rings (SSSR count). The zero-order valence-electron chi connectivity index (χ0n) is 16.1. The molecule has 0 saturated carbocycles. The Kier molecular flexibility index (Phi) is 4.40. The summed E-state index contributed by atoms with van der Waals surface area (Å²) in [7, 11) is 3.18. The molecule has 30 heavy (non-hydrogen) atoms. The number of methoxy groups -OCH3 is 2. The third kappa shape index (κ3) is 3.17. The van der Waals surface area contributed by atoms with Crippen molar-refractivity contribution in [3.05, 3.63) is 59.7 Å². The van der Waals surface area contributed by atoms with Crippen LogP contribution in [0.4, 0.5) is 5.13 Å². The average molecular weight is 420 g/mol. The van der Waals surface area contributed by atoms with E-state index in [9.17, 15) is 4.79 Å². The van der Waals surface area contributed by atoms with Gasteiger partial charge < -0.3 is 18.3 Å². The second kappa shape index (κ2) is 7.23. The first-order valence-corrected chi connectivity index (χ1v) is 9.94. The maximum Gasteiger partial charge on any atom is 0.293 e. The second-order valence-corrected chi connectivity index (χ2v) is 7.35. The summed E-state index contributed by atoms with van der Waals surface area (Å²) in [5, 5.41) is 6.75. The average Bonchev–Trinajstić information content (AvgIpc) is 3.49. The summed E-state index contributed by atoms with van der Waals surface area (Å²) >= 11 is 1.31. The van der Waals surface area contributed by atoms with Gasteiger partial charge in [0.2, 0.25) is 0 Å². The van der Waals surface area contributed by atoms with Crippen LogP contribution in [0.15, 0.2) is 62.7 Å². The zero-order valence-corrected chi connectivity index (χ0v) is 16.9. The van der Waals surface area contributed by atoms with E-state index in [0.717, 1.165) is 22.1 Å². The molecule has 0 aliphatic heterocycles. The van der Waals surface area contributed by atoms with Crippen molar-refractivity contribution in [3.63, 3.8) is 0 Å². The van der Waals surface area contributed by atoms with E-state index in [2.05, 4.69) is 10.3 Å². The van der Waals surface area contributed by atoms with Crippen LogP contribution in [0.3, 0.4) is 0 Å². The number of hydrogen-bond acceptors (Lipinski definition) is 7. The van der Waals surface area contributed by atoms with Crippen LogP contribution in [0.25, 0.3) is 33.4 Å². The Hall–Kier alpha value is -3.78. The van der Waals surface area contributed by atoms with Gasteiger partial charge in [-0.05, 0) is 36.4 Å². The van der Waals surface area contributed by atoms with Crippen molar-refractivity contribution in [3.8, 4) is 23.0 Å². The molecule has 1 N–H and O–H groups in total. The summed E-state index contributed by atoms with van der Waals surface area (Å²) in [5.41, 5.74) is 1.90. The van der Waals surface area contributed by atoms with Gasteiger partial charge in [0.05, 0.1) is 14.2 Å². The van der Waals surface area contributed by atoms with Crippen LogP contribution in [-0.4, -0.2) is 25.1 Å². The Labute approximate surface area is 174 Å². The van der Waals surface area contributed by atoms with Crippen molar-refractivity contribution in [2.24, 2.45) is 0 Å². The molecule has 0 atom stereocenters. The number of thiazole rings is 1. The number of nitrogens with zero attached hydrogens (tertiary/aromatic N) is 1. The molecule has 0 unspecified atom stereocenters. The Balaban J connectivity index is 1.39. The lowest BCUT2D eigenvalue weighted by atomic mass is 10.2. The van der Waals surface area contributed by atoms with E-state index in [0.29, 0.717) is 27.9 Å². The van der Waals surface area contributed by atoms with Gasteiger partial charge in [-0.1, -0.05) is 12.1 Å². The van der Waals surface area contributed by atoms with Crippen molar-refractivity contribution < 1.29 is 23.1 Å². The summed E-state index contributed by atoms with van der Waals surface area (Å²) in [6.07, 6.45) is 0. The molecule has 0 bridgehead atoms. The van der Waals surface area contributed by atoms with Crippen molar-refractivity contribution in [2.45, 2.75) is 0 Å². The van der Waals surface area contributed by atoms with Crippen molar-refractivity contribution in [1.29, 1.82) is 0 Å². The highest BCUT2D eigenvalue weighted by Gasteiger charge is 2.17. The highest BCUT2D eigenvalue weighted by molar-refractivity contribution is 7.14. The number of para-hydroxylation sites is 1. The van der Waals surface area contributed by atoms with E-state index in [1.165, 1.54) is 11.3 Å². The van der Waals surface area contributed by atoms with E-state index in [1.807, 2.05) is 41.8 Å². The first-order valence-electron chi connectivity index (χ1n) is 9.06. The molecular weight excluding hydrogens is 404 g/mol. The van der Waals surface area contributed by atoms with Crippen LogP contribution in [-0.2, 0) is 0 Å². The van der Waals surface area contributed by atoms with Gasteiger partial charge in [0, 0.05) is 16.2 Å². The number of carbonyl (C=O) groups is 1. The lowest BCUT2D eigenvalue weighted by Crippen LogP contribution is -2.10. The molecule has 0 spiro atoms. The Bertz CT molecular complexity index is 1380. The molecule has 3 heterocycles. The van der Waals surface area contributed by atoms with Gasteiger partial charge in [-0.3, -0.25) is 10.1 Å². The number of furan rings is 2. The normalized spacial score (nSPS) is 11.1. The largest absolute Gasteiger partial charge is 0.497 e. The molecule has 0 aliphatic carbocycles. The number of aromatic nitrogens is 1. The predicted octanol–water partition coefficient (Wildman–Crippen LogP) is 5.57. The van der Waals surface area contributed by atoms with Crippen LogP contribution in [0.2, 0.25) is 0 Å². The lowest BCUT2D eigenvalue weighted by molar-refractivity contribution is 0.0998. The van der Waals surface area contributed by atoms with Crippen LogP contribution in [0, 0.1) is 0 Å². The standard InChI is InChI=1S/C22H16N2O5S/c1-26-14-6-7-16-13(8-14)10-18(28-16)15-11-30-22(23-15)24-21(25)19-9-12-4-3-5-17(27-2)20(12)29-19/h3-11H,1-2H3,(H,23,24,25). The van der Waals surface area contributed by atoms with E-state index >= 15 is 0 Å². The maximum absolute atomic E-state index is 12.6. The summed E-state index contributed by atoms with van der Waals surface area (Å²) in [5.74, 6) is 1.74. The topological polar surface area (TPSA) is 86.7 Å². The van der Waals surface area contributed by atoms with E-state index in [1.54, 1.807) is 26.4 Å². The minimum absolute atomic E-state index is 0.182. The Morgan fingerprint density at radius 3 is 2.77 bits per heavy atom. The monoisotopic (exact) mass is 420 g/mol. The summed E-state index contributed by atoms with van der Waals surface area (Å²) in [6.45, 7) is 0. The lowest BCUT2D eigenvalue weighted by Gasteiger charge is -1.99. The fraction of sp³-hybridized carbons (Fsp3) is 0.0909. The van der Waals surface area contributed by atoms with Crippen LogP contribution in [0.5, 0.6) is 11.5 Å². The number of rotatable bonds is 5. The Morgan fingerprint density at radius 2 is 1.93 bits per heavy atom. The summed E-state index contributed by atoms with van der Waals surface area (Å²) in [6, 6.07) is 14.6. The Morgan fingerprint density at radius 1 is 1.03 bits per heavy atom. The van der Waals surface area contributed by atoms with Gasteiger partial charge in [-0.25, -0.2) is 4.98 Å². The van der Waals surface area contributed by atoms with Crippen LogP contribution in [0.1, 0.15) is 10.6 Å². The van der Waals surface area contributed by atoms with Crippen molar-refractivity contribution in [1.82, 2.24) is 4.98 Å². The minimum Gasteiger partial charge on any atom is -0.497 e. The highest BCUT2D eigenvalue weighted by atomic mass is 32.1. The first-order chi connectivity index (χ1) is 14.6. The molecule has 150 valence electrons. The molecule has 0 fully saturated rings. The highest BCUT2D eigenvalue weighted by Crippen LogP contribution is 2.33. The van der Waals surface area contributed by atoms with Gasteiger partial charge in [-0.2, -0.15) is 0 Å². The molecule has 0 aliphatic rings. The number of ether oxygens (including phenoxy) is 2. The molecular formula is C22H16N2O5S. The molecule has 0 radical (unpaired) electrons. The molecule has 8 heteroatoms. The number of amides is 1. The van der Waals surface area contributed by atoms with Gasteiger partial charge in [0.15, 0.2) is 28.0 Å². The van der Waals surface area contributed by atoms with Crippen molar-refractivity contribution >= 4 is 44.3 Å². The quantitative estimate of drug-likeness (QED) is 0.400. The second-order valence-electron chi connectivity index (χ2n) is 6.50. The van der Waals surface area contributed by atoms with Crippen LogP contribution >= 0.6 is 11.3 Å². The maximum atomic E-state index is 12.6. The first kappa shape index (κ1) is 18.3. The molecule has 0 saturated heterocycles. The predicted molar refractivity (Wildman–Crippen MR) is 115 cm³/mol. The number of nitrogens with one attached hydrogen (secondary N) is 1. The molecule has 5 aromatic rings. The van der Waals surface area contributed by atoms with E-state index in [4.69, 9.17) is 18.3 Å². The fourth-order valence-electron chi connectivity index (χ4n) is 3.19. The third-order valence-electron chi connectivity index (χ3n) is 4.65. The minimum atomic E-state index is -0.386. The molecule has 3 aromatic heterocycles. The van der Waals surface area contributed by atoms with E-state index < -0.39 is 0 Å². The molecule has 1 amide bonds. The number of hydrogen-bond donors (Lipinski definition) is 1. The third-order valence-corrected chi connectivity index (χ3v) is 5.41.